The first-order valence-corrected chi connectivity index (χ1v) is 11.6. The van der Waals surface area contributed by atoms with Crippen molar-refractivity contribution in [1.82, 2.24) is 13.5 Å². The van der Waals surface area contributed by atoms with Gasteiger partial charge in [-0.1, -0.05) is 25.1 Å². The van der Waals surface area contributed by atoms with Gasteiger partial charge in [-0.3, -0.25) is 4.79 Å². The molecule has 0 spiro atoms. The lowest BCUT2D eigenvalue weighted by atomic mass is 10.1. The van der Waals surface area contributed by atoms with E-state index in [0.717, 1.165) is 17.7 Å². The minimum atomic E-state index is -3.55. The van der Waals surface area contributed by atoms with Crippen LogP contribution in [0.15, 0.2) is 24.3 Å². The topological polar surface area (TPSA) is 79.4 Å². The van der Waals surface area contributed by atoms with Crippen LogP contribution in [0.1, 0.15) is 26.3 Å². The molecule has 0 aromatic heterocycles. The van der Waals surface area contributed by atoms with Gasteiger partial charge in [-0.2, -0.15) is 17.0 Å². The Morgan fingerprint density at radius 1 is 1.07 bits per heavy atom. The van der Waals surface area contributed by atoms with Crippen molar-refractivity contribution in [1.29, 1.82) is 0 Å². The number of benzene rings is 1. The van der Waals surface area contributed by atoms with Crippen LogP contribution in [-0.4, -0.2) is 85.9 Å². The molecular formula is C20H31N3O5S. The molecule has 3 rings (SSSR count). The first kappa shape index (κ1) is 22.0. The molecule has 1 aromatic rings. The molecule has 0 bridgehead atoms. The molecule has 0 radical (unpaired) electrons. The highest BCUT2D eigenvalue weighted by Crippen LogP contribution is 2.20. The number of aryl methyl sites for hydroxylation is 1. The molecule has 9 heteroatoms. The maximum Gasteiger partial charge on any atom is 0.282 e. The van der Waals surface area contributed by atoms with E-state index in [-0.39, 0.29) is 24.7 Å². The summed E-state index contributed by atoms with van der Waals surface area (Å²) in [6.45, 7) is 7.80. The standard InChI is InChI=1S/C20H31N3O5S/c1-4-18-7-5-6-8-19(18)27-15-20(24)21-9-11-22(12-10-21)29(25,26)23-13-16(2)28-17(3)14-23/h5-8,16-17H,4,9-15H2,1-3H3. The van der Waals surface area contributed by atoms with Gasteiger partial charge < -0.3 is 14.4 Å². The SMILES string of the molecule is CCc1ccccc1OCC(=O)N1CCN(S(=O)(=O)N2CC(C)OC(C)C2)CC1. The Morgan fingerprint density at radius 3 is 2.31 bits per heavy atom. The van der Waals surface area contributed by atoms with Gasteiger partial charge in [0.25, 0.3) is 16.1 Å². The van der Waals surface area contributed by atoms with Crippen molar-refractivity contribution in [2.75, 3.05) is 45.9 Å². The van der Waals surface area contributed by atoms with Crippen molar-refractivity contribution in [2.24, 2.45) is 0 Å². The number of carbonyl (C=O) groups excluding carboxylic acids is 1. The van der Waals surface area contributed by atoms with E-state index < -0.39 is 10.2 Å². The fourth-order valence-electron chi connectivity index (χ4n) is 3.82. The summed E-state index contributed by atoms with van der Waals surface area (Å²) >= 11 is 0. The Kier molecular flexibility index (Phi) is 7.15. The Morgan fingerprint density at radius 2 is 1.69 bits per heavy atom. The zero-order valence-corrected chi connectivity index (χ0v) is 18.2. The van der Waals surface area contributed by atoms with Crippen LogP contribution in [-0.2, 0) is 26.2 Å². The fraction of sp³-hybridized carbons (Fsp3) is 0.650. The minimum absolute atomic E-state index is 0.0394. The summed E-state index contributed by atoms with van der Waals surface area (Å²) < 4.78 is 40.2. The Balaban J connectivity index is 1.52. The number of hydrogen-bond acceptors (Lipinski definition) is 5. The van der Waals surface area contributed by atoms with Gasteiger partial charge in [0.05, 0.1) is 12.2 Å². The molecule has 1 amide bonds. The van der Waals surface area contributed by atoms with E-state index in [4.69, 9.17) is 9.47 Å². The molecule has 2 atom stereocenters. The summed E-state index contributed by atoms with van der Waals surface area (Å²) in [6, 6.07) is 7.68. The van der Waals surface area contributed by atoms with Crippen molar-refractivity contribution in [2.45, 2.75) is 39.4 Å². The minimum Gasteiger partial charge on any atom is -0.483 e. The van der Waals surface area contributed by atoms with E-state index in [1.807, 2.05) is 45.0 Å². The van der Waals surface area contributed by atoms with Crippen LogP contribution in [0, 0.1) is 0 Å². The molecular weight excluding hydrogens is 394 g/mol. The lowest BCUT2D eigenvalue weighted by Crippen LogP contribution is -2.58. The van der Waals surface area contributed by atoms with Gasteiger partial charge in [0.2, 0.25) is 0 Å². The van der Waals surface area contributed by atoms with E-state index in [0.29, 0.717) is 39.3 Å². The third-order valence-electron chi connectivity index (χ3n) is 5.33. The predicted octanol–water partition coefficient (Wildman–Crippen LogP) is 1.13. The molecule has 2 aliphatic rings. The number of piperazine rings is 1. The van der Waals surface area contributed by atoms with Crippen LogP contribution in [0.4, 0.5) is 0 Å². The summed E-state index contributed by atoms with van der Waals surface area (Å²) in [6.07, 6.45) is 0.582. The van der Waals surface area contributed by atoms with E-state index in [2.05, 4.69) is 0 Å². The van der Waals surface area contributed by atoms with Gasteiger partial charge in [-0.25, -0.2) is 0 Å². The number of morpholine rings is 1. The molecule has 0 saturated carbocycles. The van der Waals surface area contributed by atoms with E-state index >= 15 is 0 Å². The highest BCUT2D eigenvalue weighted by atomic mass is 32.2. The van der Waals surface area contributed by atoms with Crippen molar-refractivity contribution < 1.29 is 22.7 Å². The maximum absolute atomic E-state index is 13.0. The van der Waals surface area contributed by atoms with E-state index in [1.54, 1.807) is 4.90 Å². The van der Waals surface area contributed by atoms with Crippen LogP contribution in [0.5, 0.6) is 5.75 Å². The number of para-hydroxylation sites is 1. The highest BCUT2D eigenvalue weighted by Gasteiger charge is 2.37. The molecule has 1 aromatic carbocycles. The molecule has 2 saturated heterocycles. The Hall–Kier alpha value is -1.68. The monoisotopic (exact) mass is 425 g/mol. The summed E-state index contributed by atoms with van der Waals surface area (Å²) in [5, 5.41) is 0. The second kappa shape index (κ2) is 9.42. The fourth-order valence-corrected chi connectivity index (χ4v) is 5.57. The predicted molar refractivity (Wildman–Crippen MR) is 110 cm³/mol. The lowest BCUT2D eigenvalue weighted by molar-refractivity contribution is -0.134. The number of amides is 1. The molecule has 0 aliphatic carbocycles. The first-order valence-electron chi connectivity index (χ1n) is 10.2. The quantitative estimate of drug-likeness (QED) is 0.683. The first-order chi connectivity index (χ1) is 13.8. The molecule has 8 nitrogen and oxygen atoms in total. The van der Waals surface area contributed by atoms with Crippen LogP contribution in [0.2, 0.25) is 0 Å². The molecule has 29 heavy (non-hydrogen) atoms. The van der Waals surface area contributed by atoms with Gasteiger partial charge in [-0.15, -0.1) is 0 Å². The van der Waals surface area contributed by atoms with Gasteiger partial charge in [0.1, 0.15) is 5.75 Å². The smallest absolute Gasteiger partial charge is 0.282 e. The van der Waals surface area contributed by atoms with Crippen LogP contribution < -0.4 is 4.74 Å². The molecule has 2 unspecified atom stereocenters. The average Bonchev–Trinajstić information content (AvgIpc) is 2.71. The second-order valence-corrected chi connectivity index (χ2v) is 9.54. The van der Waals surface area contributed by atoms with E-state index in [9.17, 15) is 13.2 Å². The second-order valence-electron chi connectivity index (χ2n) is 7.61. The normalized spacial score (nSPS) is 24.4. The molecule has 0 N–H and O–H groups in total. The lowest BCUT2D eigenvalue weighted by Gasteiger charge is -2.40. The van der Waals surface area contributed by atoms with Gasteiger partial charge in [0.15, 0.2) is 6.61 Å². The highest BCUT2D eigenvalue weighted by molar-refractivity contribution is 7.86. The zero-order chi connectivity index (χ0) is 21.0. The van der Waals surface area contributed by atoms with Crippen LogP contribution in [0.25, 0.3) is 0 Å². The van der Waals surface area contributed by atoms with Gasteiger partial charge in [0, 0.05) is 39.3 Å². The third kappa shape index (κ3) is 5.28. The zero-order valence-electron chi connectivity index (χ0n) is 17.4. The van der Waals surface area contributed by atoms with Crippen molar-refractivity contribution in [3.63, 3.8) is 0 Å². The number of rotatable bonds is 6. The van der Waals surface area contributed by atoms with E-state index in [1.165, 1.54) is 8.61 Å². The van der Waals surface area contributed by atoms with Gasteiger partial charge in [-0.05, 0) is 31.9 Å². The summed E-state index contributed by atoms with van der Waals surface area (Å²) in [7, 11) is -3.55. The summed E-state index contributed by atoms with van der Waals surface area (Å²) in [4.78, 5) is 14.2. The molecule has 162 valence electrons. The Labute approximate surface area is 173 Å². The number of carbonyl (C=O) groups is 1. The number of hydrogen-bond donors (Lipinski definition) is 0. The molecule has 2 heterocycles. The molecule has 2 aliphatic heterocycles. The van der Waals surface area contributed by atoms with Crippen molar-refractivity contribution in [3.8, 4) is 5.75 Å². The number of nitrogens with zero attached hydrogens (tertiary/aromatic N) is 3. The summed E-state index contributed by atoms with van der Waals surface area (Å²) in [5.41, 5.74) is 1.06. The Bertz CT molecular complexity index is 798. The maximum atomic E-state index is 13.0. The van der Waals surface area contributed by atoms with Crippen molar-refractivity contribution >= 4 is 16.1 Å². The number of ether oxygens (including phenoxy) is 2. The summed E-state index contributed by atoms with van der Waals surface area (Å²) in [5.74, 6) is 0.599. The van der Waals surface area contributed by atoms with Crippen LogP contribution in [0.3, 0.4) is 0 Å². The van der Waals surface area contributed by atoms with Crippen LogP contribution >= 0.6 is 0 Å². The molecule has 2 fully saturated rings. The largest absolute Gasteiger partial charge is 0.483 e. The average molecular weight is 426 g/mol. The third-order valence-corrected chi connectivity index (χ3v) is 7.30. The van der Waals surface area contributed by atoms with Gasteiger partial charge >= 0.3 is 0 Å². The van der Waals surface area contributed by atoms with Crippen molar-refractivity contribution in [3.05, 3.63) is 29.8 Å².